The van der Waals surface area contributed by atoms with Gasteiger partial charge in [0.05, 0.1) is 6.61 Å². The van der Waals surface area contributed by atoms with E-state index in [1.165, 1.54) is 6.07 Å². The van der Waals surface area contributed by atoms with Crippen LogP contribution in [0.1, 0.15) is 25.3 Å². The first-order chi connectivity index (χ1) is 8.63. The van der Waals surface area contributed by atoms with Gasteiger partial charge < -0.3 is 9.64 Å². The highest BCUT2D eigenvalue weighted by Crippen LogP contribution is 2.09. The molecule has 0 aromatic heterocycles. The molecule has 1 rings (SSSR count). The van der Waals surface area contributed by atoms with Crippen molar-refractivity contribution in [2.75, 3.05) is 20.2 Å². The maximum absolute atomic E-state index is 13.4. The zero-order chi connectivity index (χ0) is 13.4. The summed E-state index contributed by atoms with van der Waals surface area (Å²) in [6.07, 6.45) is 1.14. The fraction of sp³-hybridized carbons (Fsp3) is 0.500. The molecule has 0 fully saturated rings. The maximum atomic E-state index is 13.4. The van der Waals surface area contributed by atoms with Crippen LogP contribution in [-0.4, -0.2) is 31.1 Å². The lowest BCUT2D eigenvalue weighted by molar-refractivity contribution is -0.143. The van der Waals surface area contributed by atoms with Crippen molar-refractivity contribution >= 4 is 5.97 Å². The number of rotatable bonds is 7. The van der Waals surface area contributed by atoms with Crippen molar-refractivity contribution in [1.29, 1.82) is 0 Å². The second kappa shape index (κ2) is 7.82. The van der Waals surface area contributed by atoms with Gasteiger partial charge in [0.25, 0.3) is 0 Å². The lowest BCUT2D eigenvalue weighted by atomic mass is 10.2. The van der Waals surface area contributed by atoms with E-state index in [2.05, 4.69) is 0 Å². The molecular weight excluding hydrogens is 233 g/mol. The quantitative estimate of drug-likeness (QED) is 0.700. The number of ether oxygens (including phenoxy) is 1. The fourth-order valence-electron chi connectivity index (χ4n) is 1.72. The molecule has 1 aromatic carbocycles. The molecule has 0 spiro atoms. The van der Waals surface area contributed by atoms with Crippen molar-refractivity contribution in [3.8, 4) is 0 Å². The number of hydrogen-bond donors (Lipinski definition) is 0. The van der Waals surface area contributed by atoms with E-state index in [0.29, 0.717) is 25.1 Å². The van der Waals surface area contributed by atoms with Gasteiger partial charge in [-0.2, -0.15) is 0 Å². The minimum Gasteiger partial charge on any atom is -0.466 e. The summed E-state index contributed by atoms with van der Waals surface area (Å²) in [6.45, 7) is 3.51. The van der Waals surface area contributed by atoms with Gasteiger partial charge in [0, 0.05) is 18.5 Å². The highest BCUT2D eigenvalue weighted by Gasteiger charge is 2.06. The van der Waals surface area contributed by atoms with Gasteiger partial charge in [-0.3, -0.25) is 4.79 Å². The molecule has 0 heterocycles. The fourth-order valence-corrected chi connectivity index (χ4v) is 1.72. The van der Waals surface area contributed by atoms with Crippen LogP contribution in [0, 0.1) is 5.82 Å². The minimum absolute atomic E-state index is 0.170. The van der Waals surface area contributed by atoms with Crippen LogP contribution in [-0.2, 0) is 16.1 Å². The monoisotopic (exact) mass is 253 g/mol. The Kier molecular flexibility index (Phi) is 6.36. The Balaban J connectivity index is 2.28. The second-order valence-electron chi connectivity index (χ2n) is 4.24. The highest BCUT2D eigenvalue weighted by atomic mass is 19.1. The van der Waals surface area contributed by atoms with Crippen LogP contribution in [0.15, 0.2) is 24.3 Å². The first kappa shape index (κ1) is 14.6. The summed E-state index contributed by atoms with van der Waals surface area (Å²) < 4.78 is 18.2. The Hall–Kier alpha value is -1.42. The maximum Gasteiger partial charge on any atom is 0.305 e. The standard InChI is InChI=1S/C14H20FNO2/c1-3-18-14(17)9-6-10-16(2)11-12-7-4-5-8-13(12)15/h4-5,7-8H,3,6,9-11H2,1-2H3. The third-order valence-corrected chi connectivity index (χ3v) is 2.62. The molecular formula is C14H20FNO2. The lowest BCUT2D eigenvalue weighted by Gasteiger charge is -2.16. The van der Waals surface area contributed by atoms with Gasteiger partial charge in [0.2, 0.25) is 0 Å². The van der Waals surface area contributed by atoms with Crippen LogP contribution < -0.4 is 0 Å². The predicted octanol–water partition coefficient (Wildman–Crippen LogP) is 2.60. The zero-order valence-electron chi connectivity index (χ0n) is 11.0. The second-order valence-corrected chi connectivity index (χ2v) is 4.24. The van der Waals surface area contributed by atoms with Gasteiger partial charge in [-0.1, -0.05) is 18.2 Å². The molecule has 0 saturated carbocycles. The van der Waals surface area contributed by atoms with Gasteiger partial charge in [0.15, 0.2) is 0 Å². The summed E-state index contributed by atoms with van der Waals surface area (Å²) >= 11 is 0. The smallest absolute Gasteiger partial charge is 0.305 e. The van der Waals surface area contributed by atoms with Crippen molar-refractivity contribution in [1.82, 2.24) is 4.90 Å². The van der Waals surface area contributed by atoms with Crippen molar-refractivity contribution in [2.24, 2.45) is 0 Å². The third kappa shape index (κ3) is 5.27. The third-order valence-electron chi connectivity index (χ3n) is 2.62. The number of carbonyl (C=O) groups is 1. The first-order valence-corrected chi connectivity index (χ1v) is 6.21. The summed E-state index contributed by atoms with van der Waals surface area (Å²) in [6, 6.07) is 6.74. The molecule has 100 valence electrons. The average Bonchev–Trinajstić information content (AvgIpc) is 2.32. The van der Waals surface area contributed by atoms with Crippen LogP contribution in [0.5, 0.6) is 0 Å². The number of esters is 1. The number of carbonyl (C=O) groups excluding carboxylic acids is 1. The molecule has 1 aromatic rings. The van der Waals surface area contributed by atoms with Gasteiger partial charge in [-0.15, -0.1) is 0 Å². The van der Waals surface area contributed by atoms with Gasteiger partial charge in [-0.05, 0) is 33.0 Å². The molecule has 0 aliphatic heterocycles. The van der Waals surface area contributed by atoms with E-state index in [-0.39, 0.29) is 11.8 Å². The van der Waals surface area contributed by atoms with Crippen LogP contribution in [0.3, 0.4) is 0 Å². The molecule has 0 bridgehead atoms. The van der Waals surface area contributed by atoms with Crippen LogP contribution in [0.25, 0.3) is 0 Å². The van der Waals surface area contributed by atoms with Crippen LogP contribution >= 0.6 is 0 Å². The average molecular weight is 253 g/mol. The molecule has 0 N–H and O–H groups in total. The van der Waals surface area contributed by atoms with E-state index in [4.69, 9.17) is 4.74 Å². The Bertz CT molecular complexity index is 382. The SMILES string of the molecule is CCOC(=O)CCCN(C)Cc1ccccc1F. The van der Waals surface area contributed by atoms with Gasteiger partial charge >= 0.3 is 5.97 Å². The number of nitrogens with zero attached hydrogens (tertiary/aromatic N) is 1. The minimum atomic E-state index is -0.185. The zero-order valence-corrected chi connectivity index (χ0v) is 11.0. The Morgan fingerprint density at radius 3 is 2.78 bits per heavy atom. The van der Waals surface area contributed by atoms with Crippen molar-refractivity contribution in [3.05, 3.63) is 35.6 Å². The van der Waals surface area contributed by atoms with E-state index in [0.717, 1.165) is 13.0 Å². The Labute approximate surface area is 108 Å². The summed E-state index contributed by atoms with van der Waals surface area (Å²) in [5.41, 5.74) is 0.677. The van der Waals surface area contributed by atoms with E-state index in [1.807, 2.05) is 18.0 Å². The Morgan fingerprint density at radius 1 is 1.39 bits per heavy atom. The predicted molar refractivity (Wildman–Crippen MR) is 68.6 cm³/mol. The summed E-state index contributed by atoms with van der Waals surface area (Å²) in [5.74, 6) is -0.355. The molecule has 0 amide bonds. The molecule has 0 unspecified atom stereocenters. The van der Waals surface area contributed by atoms with Crippen LogP contribution in [0.4, 0.5) is 4.39 Å². The number of halogens is 1. The topological polar surface area (TPSA) is 29.5 Å². The molecule has 0 aliphatic rings. The summed E-state index contributed by atoms with van der Waals surface area (Å²) in [5, 5.41) is 0. The molecule has 0 saturated heterocycles. The molecule has 18 heavy (non-hydrogen) atoms. The van der Waals surface area contributed by atoms with Gasteiger partial charge in [0.1, 0.15) is 5.82 Å². The first-order valence-electron chi connectivity index (χ1n) is 6.21. The molecule has 4 heteroatoms. The van der Waals surface area contributed by atoms with E-state index >= 15 is 0 Å². The van der Waals surface area contributed by atoms with E-state index < -0.39 is 0 Å². The van der Waals surface area contributed by atoms with Crippen molar-refractivity contribution in [2.45, 2.75) is 26.3 Å². The molecule has 3 nitrogen and oxygen atoms in total. The van der Waals surface area contributed by atoms with E-state index in [9.17, 15) is 9.18 Å². The van der Waals surface area contributed by atoms with Crippen LogP contribution in [0.2, 0.25) is 0 Å². The molecule has 0 radical (unpaired) electrons. The van der Waals surface area contributed by atoms with E-state index in [1.54, 1.807) is 19.1 Å². The summed E-state index contributed by atoms with van der Waals surface area (Å²) in [4.78, 5) is 13.1. The van der Waals surface area contributed by atoms with Crippen molar-refractivity contribution in [3.63, 3.8) is 0 Å². The molecule has 0 aliphatic carbocycles. The largest absolute Gasteiger partial charge is 0.466 e. The highest BCUT2D eigenvalue weighted by molar-refractivity contribution is 5.69. The lowest BCUT2D eigenvalue weighted by Crippen LogP contribution is -2.20. The number of hydrogen-bond acceptors (Lipinski definition) is 3. The van der Waals surface area contributed by atoms with Crippen molar-refractivity contribution < 1.29 is 13.9 Å². The van der Waals surface area contributed by atoms with Gasteiger partial charge in [-0.25, -0.2) is 4.39 Å². The number of benzene rings is 1. The summed E-state index contributed by atoms with van der Waals surface area (Å²) in [7, 11) is 1.91. The Morgan fingerprint density at radius 2 is 2.11 bits per heavy atom. The normalized spacial score (nSPS) is 10.7. The molecule has 0 atom stereocenters.